The Morgan fingerprint density at radius 1 is 1.06 bits per heavy atom. The average Bonchev–Trinajstić information content (AvgIpc) is 2.39. The summed E-state index contributed by atoms with van der Waals surface area (Å²) in [6.07, 6.45) is 0. The minimum absolute atomic E-state index is 0.100. The van der Waals surface area contributed by atoms with Crippen molar-refractivity contribution in [2.45, 2.75) is 24.2 Å². The van der Waals surface area contributed by atoms with Gasteiger partial charge in [-0.25, -0.2) is 0 Å². The highest BCUT2D eigenvalue weighted by Crippen LogP contribution is 2.27. The van der Waals surface area contributed by atoms with E-state index in [4.69, 9.17) is 16.7 Å². The molecule has 18 heavy (non-hydrogen) atoms. The SMILES string of the molecule is Cc1cc(CO)ccc1SCc1ccc(Cl)cc1. The lowest BCUT2D eigenvalue weighted by atomic mass is 10.1. The van der Waals surface area contributed by atoms with E-state index in [1.807, 2.05) is 36.4 Å². The zero-order valence-electron chi connectivity index (χ0n) is 10.2. The highest BCUT2D eigenvalue weighted by molar-refractivity contribution is 7.98. The molecule has 0 aliphatic rings. The molecule has 0 unspecified atom stereocenters. The molecule has 0 bridgehead atoms. The van der Waals surface area contributed by atoms with E-state index in [1.165, 1.54) is 16.0 Å². The first kappa shape index (κ1) is 13.5. The van der Waals surface area contributed by atoms with Crippen LogP contribution in [-0.4, -0.2) is 5.11 Å². The normalized spacial score (nSPS) is 10.6. The summed E-state index contributed by atoms with van der Waals surface area (Å²) >= 11 is 7.66. The van der Waals surface area contributed by atoms with Gasteiger partial charge >= 0.3 is 0 Å². The smallest absolute Gasteiger partial charge is 0.0681 e. The van der Waals surface area contributed by atoms with Gasteiger partial charge in [0.15, 0.2) is 0 Å². The summed E-state index contributed by atoms with van der Waals surface area (Å²) in [5.41, 5.74) is 3.43. The van der Waals surface area contributed by atoms with Crippen LogP contribution in [0.2, 0.25) is 5.02 Å². The van der Waals surface area contributed by atoms with E-state index in [0.29, 0.717) is 0 Å². The van der Waals surface area contributed by atoms with Gasteiger partial charge in [0.25, 0.3) is 0 Å². The van der Waals surface area contributed by atoms with Gasteiger partial charge in [-0.3, -0.25) is 0 Å². The number of rotatable bonds is 4. The van der Waals surface area contributed by atoms with Crippen molar-refractivity contribution >= 4 is 23.4 Å². The largest absolute Gasteiger partial charge is 0.392 e. The summed E-state index contributed by atoms with van der Waals surface area (Å²) in [6, 6.07) is 14.0. The quantitative estimate of drug-likeness (QED) is 0.835. The van der Waals surface area contributed by atoms with E-state index >= 15 is 0 Å². The van der Waals surface area contributed by atoms with E-state index in [2.05, 4.69) is 13.0 Å². The Morgan fingerprint density at radius 2 is 1.72 bits per heavy atom. The van der Waals surface area contributed by atoms with Gasteiger partial charge in [0.2, 0.25) is 0 Å². The lowest BCUT2D eigenvalue weighted by molar-refractivity contribution is 0.281. The third-order valence-corrected chi connectivity index (χ3v) is 4.23. The van der Waals surface area contributed by atoms with Gasteiger partial charge in [0, 0.05) is 15.7 Å². The summed E-state index contributed by atoms with van der Waals surface area (Å²) in [6.45, 7) is 2.17. The molecule has 94 valence electrons. The second kappa shape index (κ2) is 6.28. The van der Waals surface area contributed by atoms with Crippen LogP contribution in [-0.2, 0) is 12.4 Å². The van der Waals surface area contributed by atoms with Crippen molar-refractivity contribution in [1.29, 1.82) is 0 Å². The van der Waals surface area contributed by atoms with Crippen molar-refractivity contribution in [3.05, 3.63) is 64.2 Å². The van der Waals surface area contributed by atoms with E-state index in [9.17, 15) is 0 Å². The molecule has 0 aliphatic heterocycles. The number of aryl methyl sites for hydroxylation is 1. The van der Waals surface area contributed by atoms with Gasteiger partial charge in [0.1, 0.15) is 0 Å². The number of aliphatic hydroxyl groups excluding tert-OH is 1. The van der Waals surface area contributed by atoms with Gasteiger partial charge in [-0.2, -0.15) is 0 Å². The molecule has 3 heteroatoms. The van der Waals surface area contributed by atoms with Crippen LogP contribution in [0.3, 0.4) is 0 Å². The molecule has 0 heterocycles. The van der Waals surface area contributed by atoms with Gasteiger partial charge in [-0.05, 0) is 41.8 Å². The van der Waals surface area contributed by atoms with Crippen LogP contribution in [0.4, 0.5) is 0 Å². The van der Waals surface area contributed by atoms with Gasteiger partial charge < -0.3 is 5.11 Å². The number of thioether (sulfide) groups is 1. The highest BCUT2D eigenvalue weighted by Gasteiger charge is 2.01. The van der Waals surface area contributed by atoms with Gasteiger partial charge in [-0.15, -0.1) is 11.8 Å². The molecule has 2 aromatic rings. The Labute approximate surface area is 117 Å². The molecule has 0 radical (unpaired) electrons. The van der Waals surface area contributed by atoms with Crippen molar-refractivity contribution < 1.29 is 5.11 Å². The second-order valence-corrected chi connectivity index (χ2v) is 5.63. The number of halogens is 1. The molecule has 2 rings (SSSR count). The fourth-order valence-corrected chi connectivity index (χ4v) is 2.80. The maximum absolute atomic E-state index is 9.07. The maximum atomic E-state index is 9.07. The number of hydrogen-bond donors (Lipinski definition) is 1. The van der Waals surface area contributed by atoms with Crippen molar-refractivity contribution in [2.75, 3.05) is 0 Å². The van der Waals surface area contributed by atoms with Crippen LogP contribution < -0.4 is 0 Å². The third kappa shape index (κ3) is 3.52. The Morgan fingerprint density at radius 3 is 2.33 bits per heavy atom. The molecule has 0 saturated heterocycles. The van der Waals surface area contributed by atoms with Crippen LogP contribution in [0, 0.1) is 6.92 Å². The minimum Gasteiger partial charge on any atom is -0.392 e. The van der Waals surface area contributed by atoms with Gasteiger partial charge in [0.05, 0.1) is 6.61 Å². The van der Waals surface area contributed by atoms with Crippen LogP contribution in [0.5, 0.6) is 0 Å². The second-order valence-electron chi connectivity index (χ2n) is 4.17. The summed E-state index contributed by atoms with van der Waals surface area (Å²) < 4.78 is 0. The van der Waals surface area contributed by atoms with Crippen molar-refractivity contribution in [3.8, 4) is 0 Å². The first-order valence-electron chi connectivity index (χ1n) is 5.76. The summed E-state index contributed by atoms with van der Waals surface area (Å²) in [5.74, 6) is 0.927. The fourth-order valence-electron chi connectivity index (χ4n) is 1.71. The van der Waals surface area contributed by atoms with E-state index in [1.54, 1.807) is 11.8 Å². The average molecular weight is 279 g/mol. The van der Waals surface area contributed by atoms with Crippen molar-refractivity contribution in [2.24, 2.45) is 0 Å². The summed E-state index contributed by atoms with van der Waals surface area (Å²) in [5, 5.41) is 9.84. The molecular weight excluding hydrogens is 264 g/mol. The van der Waals surface area contributed by atoms with Crippen LogP contribution in [0.25, 0.3) is 0 Å². The molecule has 2 aromatic carbocycles. The number of benzene rings is 2. The first-order valence-corrected chi connectivity index (χ1v) is 7.13. The zero-order chi connectivity index (χ0) is 13.0. The Kier molecular flexibility index (Phi) is 4.70. The molecule has 0 saturated carbocycles. The van der Waals surface area contributed by atoms with E-state index < -0.39 is 0 Å². The third-order valence-electron chi connectivity index (χ3n) is 2.73. The minimum atomic E-state index is 0.100. The van der Waals surface area contributed by atoms with E-state index in [-0.39, 0.29) is 6.61 Å². The topological polar surface area (TPSA) is 20.2 Å². The maximum Gasteiger partial charge on any atom is 0.0681 e. The highest BCUT2D eigenvalue weighted by atomic mass is 35.5. The first-order chi connectivity index (χ1) is 8.69. The molecular formula is C15H15ClOS. The monoisotopic (exact) mass is 278 g/mol. The molecule has 0 aliphatic carbocycles. The van der Waals surface area contributed by atoms with Gasteiger partial charge in [-0.1, -0.05) is 35.9 Å². The van der Waals surface area contributed by atoms with Crippen LogP contribution in [0.15, 0.2) is 47.4 Å². The Hall–Kier alpha value is -0.960. The number of aliphatic hydroxyl groups is 1. The predicted octanol–water partition coefficient (Wildman–Crippen LogP) is 4.43. The fraction of sp³-hybridized carbons (Fsp3) is 0.200. The lowest BCUT2D eigenvalue weighted by Crippen LogP contribution is -1.87. The molecule has 1 N–H and O–H groups in total. The predicted molar refractivity (Wildman–Crippen MR) is 78.1 cm³/mol. The molecule has 0 spiro atoms. The zero-order valence-corrected chi connectivity index (χ0v) is 11.8. The summed E-state index contributed by atoms with van der Waals surface area (Å²) in [7, 11) is 0. The lowest BCUT2D eigenvalue weighted by Gasteiger charge is -2.07. The van der Waals surface area contributed by atoms with Crippen LogP contribution >= 0.6 is 23.4 Å². The van der Waals surface area contributed by atoms with Crippen molar-refractivity contribution in [3.63, 3.8) is 0 Å². The Bertz CT molecular complexity index is 523. The molecule has 0 fully saturated rings. The van der Waals surface area contributed by atoms with Crippen molar-refractivity contribution in [1.82, 2.24) is 0 Å². The van der Waals surface area contributed by atoms with E-state index in [0.717, 1.165) is 16.3 Å². The molecule has 0 amide bonds. The molecule has 0 atom stereocenters. The Balaban J connectivity index is 2.04. The number of hydrogen-bond acceptors (Lipinski definition) is 2. The molecule has 1 nitrogen and oxygen atoms in total. The molecule has 0 aromatic heterocycles. The summed E-state index contributed by atoms with van der Waals surface area (Å²) in [4.78, 5) is 1.25. The standard InChI is InChI=1S/C15H15ClOS/c1-11-8-13(9-17)4-7-15(11)18-10-12-2-5-14(16)6-3-12/h2-8,17H,9-10H2,1H3. The van der Waals surface area contributed by atoms with Crippen LogP contribution in [0.1, 0.15) is 16.7 Å².